The van der Waals surface area contributed by atoms with Gasteiger partial charge in [-0.15, -0.1) is 0 Å². The molecule has 2 rings (SSSR count). The maximum Gasteiger partial charge on any atom is 0.252 e. The largest absolute Gasteiger partial charge is 0.350 e. The summed E-state index contributed by atoms with van der Waals surface area (Å²) in [7, 11) is -3.66. The predicted molar refractivity (Wildman–Crippen MR) is 102 cm³/mol. The minimum absolute atomic E-state index is 0.0561. The zero-order valence-electron chi connectivity index (χ0n) is 15.5. The van der Waals surface area contributed by atoms with Crippen molar-refractivity contribution < 1.29 is 13.2 Å². The number of sulfonamides is 1. The molecule has 0 fully saturated rings. The highest BCUT2D eigenvalue weighted by molar-refractivity contribution is 7.89. The molecular formula is C18H25N3O4S. The molecule has 1 aromatic carbocycles. The van der Waals surface area contributed by atoms with Gasteiger partial charge in [-0.1, -0.05) is 20.8 Å². The zero-order valence-corrected chi connectivity index (χ0v) is 16.3. The van der Waals surface area contributed by atoms with E-state index in [0.29, 0.717) is 24.0 Å². The smallest absolute Gasteiger partial charge is 0.252 e. The van der Waals surface area contributed by atoms with E-state index in [1.54, 1.807) is 13.8 Å². The summed E-state index contributed by atoms with van der Waals surface area (Å²) in [4.78, 5) is 27.2. The molecule has 0 aliphatic rings. The van der Waals surface area contributed by atoms with Gasteiger partial charge in [0.15, 0.2) is 0 Å². The molecule has 1 heterocycles. The van der Waals surface area contributed by atoms with Gasteiger partial charge in [-0.25, -0.2) is 8.42 Å². The van der Waals surface area contributed by atoms with Crippen molar-refractivity contribution in [3.8, 4) is 0 Å². The maximum atomic E-state index is 12.8. The fourth-order valence-electron chi connectivity index (χ4n) is 2.70. The van der Waals surface area contributed by atoms with Crippen molar-refractivity contribution >= 4 is 26.8 Å². The van der Waals surface area contributed by atoms with Crippen LogP contribution in [-0.4, -0.2) is 42.7 Å². The molecule has 1 atom stereocenters. The first-order chi connectivity index (χ1) is 12.2. The fourth-order valence-corrected chi connectivity index (χ4v) is 4.18. The number of aromatic nitrogens is 1. The molecule has 2 aromatic rings. The van der Waals surface area contributed by atoms with Crippen LogP contribution in [0.15, 0.2) is 34.0 Å². The summed E-state index contributed by atoms with van der Waals surface area (Å²) < 4.78 is 26.9. The van der Waals surface area contributed by atoms with Crippen molar-refractivity contribution in [2.45, 2.75) is 45.1 Å². The molecule has 2 N–H and O–H groups in total. The summed E-state index contributed by atoms with van der Waals surface area (Å²) in [5, 5.41) is 3.22. The Hall–Kier alpha value is -2.19. The van der Waals surface area contributed by atoms with Crippen LogP contribution in [0.3, 0.4) is 0 Å². The maximum absolute atomic E-state index is 12.8. The molecule has 7 nitrogen and oxygen atoms in total. The fraction of sp³-hybridized carbons (Fsp3) is 0.444. The zero-order chi connectivity index (χ0) is 19.5. The molecule has 0 aliphatic carbocycles. The number of H-pyrrole nitrogens is 1. The van der Waals surface area contributed by atoms with Crippen LogP contribution in [0, 0.1) is 0 Å². The van der Waals surface area contributed by atoms with Gasteiger partial charge in [-0.05, 0) is 31.5 Å². The van der Waals surface area contributed by atoms with Crippen LogP contribution in [0.4, 0.5) is 0 Å². The van der Waals surface area contributed by atoms with Gasteiger partial charge in [-0.2, -0.15) is 4.31 Å². The Balaban J connectivity index is 2.64. The Bertz CT molecular complexity index is 962. The lowest BCUT2D eigenvalue weighted by Gasteiger charge is -2.19. The summed E-state index contributed by atoms with van der Waals surface area (Å²) in [6.45, 7) is 8.04. The molecule has 0 saturated heterocycles. The molecule has 26 heavy (non-hydrogen) atoms. The minimum atomic E-state index is -3.66. The molecule has 1 aromatic heterocycles. The number of rotatable bonds is 7. The quantitative estimate of drug-likeness (QED) is 0.769. The van der Waals surface area contributed by atoms with E-state index in [4.69, 9.17) is 0 Å². The van der Waals surface area contributed by atoms with Crippen molar-refractivity contribution in [3.05, 3.63) is 40.2 Å². The summed E-state index contributed by atoms with van der Waals surface area (Å²) in [6, 6.07) is 5.56. The third-order valence-electron chi connectivity index (χ3n) is 4.39. The first kappa shape index (κ1) is 20.1. The van der Waals surface area contributed by atoms with Crippen molar-refractivity contribution in [3.63, 3.8) is 0 Å². The molecule has 0 bridgehead atoms. The Kier molecular flexibility index (Phi) is 6.20. The number of fused-ring (bicyclic) bond motifs is 1. The number of pyridine rings is 1. The summed E-state index contributed by atoms with van der Waals surface area (Å²) in [5.74, 6) is -0.396. The highest BCUT2D eigenvalue weighted by Gasteiger charge is 2.23. The molecular weight excluding hydrogens is 354 g/mol. The van der Waals surface area contributed by atoms with Crippen LogP contribution < -0.4 is 10.9 Å². The monoisotopic (exact) mass is 379 g/mol. The first-order valence-electron chi connectivity index (χ1n) is 8.72. The molecule has 1 amide bonds. The van der Waals surface area contributed by atoms with Gasteiger partial charge in [0.2, 0.25) is 15.6 Å². The summed E-state index contributed by atoms with van der Waals surface area (Å²) >= 11 is 0. The van der Waals surface area contributed by atoms with Crippen LogP contribution in [0.5, 0.6) is 0 Å². The van der Waals surface area contributed by atoms with Gasteiger partial charge in [0.25, 0.3) is 5.91 Å². The van der Waals surface area contributed by atoms with Crippen molar-refractivity contribution in [1.29, 1.82) is 0 Å². The average molecular weight is 379 g/mol. The standard InChI is InChI=1S/C18H25N3O4S/c1-5-12(4)19-18(23)15-11-17(22)20-16-9-8-13(10-14(15)16)26(24,25)21(6-2)7-3/h8-12H,5-7H2,1-4H3,(H,19,23)(H,20,22)/t12-/m1/s1. The third kappa shape index (κ3) is 3.96. The van der Waals surface area contributed by atoms with Crippen LogP contribution in [0.25, 0.3) is 10.9 Å². The van der Waals surface area contributed by atoms with Crippen LogP contribution in [-0.2, 0) is 10.0 Å². The normalized spacial score (nSPS) is 13.1. The van der Waals surface area contributed by atoms with E-state index in [9.17, 15) is 18.0 Å². The van der Waals surface area contributed by atoms with Gasteiger partial charge in [0.05, 0.1) is 10.5 Å². The lowest BCUT2D eigenvalue weighted by Crippen LogP contribution is -2.33. The van der Waals surface area contributed by atoms with Crippen LogP contribution in [0.2, 0.25) is 0 Å². The molecule has 0 saturated carbocycles. The highest BCUT2D eigenvalue weighted by atomic mass is 32.2. The average Bonchev–Trinajstić information content (AvgIpc) is 2.61. The highest BCUT2D eigenvalue weighted by Crippen LogP contribution is 2.23. The van der Waals surface area contributed by atoms with Crippen molar-refractivity contribution in [2.24, 2.45) is 0 Å². The second kappa shape index (κ2) is 8.01. The molecule has 142 valence electrons. The Morgan fingerprint density at radius 2 is 1.85 bits per heavy atom. The molecule has 0 unspecified atom stereocenters. The van der Waals surface area contributed by atoms with E-state index in [1.165, 1.54) is 28.6 Å². The number of carbonyl (C=O) groups is 1. The lowest BCUT2D eigenvalue weighted by molar-refractivity contribution is 0.0940. The van der Waals surface area contributed by atoms with Crippen LogP contribution >= 0.6 is 0 Å². The third-order valence-corrected chi connectivity index (χ3v) is 6.44. The number of carbonyl (C=O) groups excluding carboxylic acids is 1. The van der Waals surface area contributed by atoms with Gasteiger partial charge in [0, 0.05) is 36.1 Å². The summed E-state index contributed by atoms with van der Waals surface area (Å²) in [6.07, 6.45) is 0.744. The van der Waals surface area contributed by atoms with E-state index >= 15 is 0 Å². The molecule has 0 radical (unpaired) electrons. The van der Waals surface area contributed by atoms with E-state index in [2.05, 4.69) is 10.3 Å². The van der Waals surface area contributed by atoms with E-state index in [-0.39, 0.29) is 16.5 Å². The minimum Gasteiger partial charge on any atom is -0.350 e. The lowest BCUT2D eigenvalue weighted by atomic mass is 10.1. The predicted octanol–water partition coefficient (Wildman–Crippen LogP) is 2.09. The Labute approximate surface area is 153 Å². The van der Waals surface area contributed by atoms with E-state index in [1.807, 2.05) is 13.8 Å². The SMILES string of the molecule is CC[C@@H](C)NC(=O)c1cc(=O)[nH]c2ccc(S(=O)(=O)N(CC)CC)cc12. The van der Waals surface area contributed by atoms with Gasteiger partial charge in [-0.3, -0.25) is 9.59 Å². The number of nitrogens with zero attached hydrogens (tertiary/aromatic N) is 1. The Morgan fingerprint density at radius 1 is 1.19 bits per heavy atom. The van der Waals surface area contributed by atoms with Crippen molar-refractivity contribution in [1.82, 2.24) is 14.6 Å². The molecule has 0 spiro atoms. The molecule has 8 heteroatoms. The van der Waals surface area contributed by atoms with E-state index < -0.39 is 21.5 Å². The number of benzene rings is 1. The topological polar surface area (TPSA) is 99.3 Å². The van der Waals surface area contributed by atoms with Gasteiger partial charge < -0.3 is 10.3 Å². The second-order valence-corrected chi connectivity index (χ2v) is 8.06. The van der Waals surface area contributed by atoms with E-state index in [0.717, 1.165) is 6.42 Å². The number of amides is 1. The van der Waals surface area contributed by atoms with Gasteiger partial charge in [0.1, 0.15) is 0 Å². The number of nitrogens with one attached hydrogen (secondary N) is 2. The number of hydrogen-bond acceptors (Lipinski definition) is 4. The van der Waals surface area contributed by atoms with Gasteiger partial charge >= 0.3 is 0 Å². The second-order valence-electron chi connectivity index (χ2n) is 6.13. The van der Waals surface area contributed by atoms with Crippen molar-refractivity contribution in [2.75, 3.05) is 13.1 Å². The Morgan fingerprint density at radius 3 is 2.42 bits per heavy atom. The van der Waals surface area contributed by atoms with Crippen LogP contribution in [0.1, 0.15) is 44.5 Å². The molecule has 0 aliphatic heterocycles. The number of aromatic amines is 1. The summed E-state index contributed by atoms with van der Waals surface area (Å²) in [5.41, 5.74) is 0.178. The number of hydrogen-bond donors (Lipinski definition) is 2. The first-order valence-corrected chi connectivity index (χ1v) is 10.2.